The highest BCUT2D eigenvalue weighted by molar-refractivity contribution is 7.85. The number of ketones is 1. The normalized spacial score (nSPS) is 15.7. The van der Waals surface area contributed by atoms with Gasteiger partial charge in [-0.1, -0.05) is 51.0 Å². The monoisotopic (exact) mass is 537 g/mol. The first-order chi connectivity index (χ1) is 18.2. The maximum absolute atomic E-state index is 13.4. The number of aryl methyl sites for hydroxylation is 1. The number of unbranched alkanes of at least 4 members (excludes halogenated alkanes) is 2. The molecule has 3 aromatic rings. The van der Waals surface area contributed by atoms with Crippen molar-refractivity contribution in [3.05, 3.63) is 77.7 Å². The van der Waals surface area contributed by atoms with E-state index in [1.165, 1.54) is 0 Å². The number of aromatic nitrogens is 1. The van der Waals surface area contributed by atoms with Gasteiger partial charge in [0, 0.05) is 37.3 Å². The molecule has 0 bridgehead atoms. The number of aliphatic hydroxyl groups excluding tert-OH is 1. The molecular weight excluding hydrogens is 500 g/mol. The van der Waals surface area contributed by atoms with Crippen LogP contribution in [0.1, 0.15) is 63.0 Å². The van der Waals surface area contributed by atoms with Crippen molar-refractivity contribution in [3.8, 4) is 0 Å². The Morgan fingerprint density at radius 3 is 2.18 bits per heavy atom. The van der Waals surface area contributed by atoms with Crippen molar-refractivity contribution in [1.82, 2.24) is 0 Å². The molecule has 7 nitrogen and oxygen atoms in total. The minimum absolute atomic E-state index is 0.0749. The zero-order chi connectivity index (χ0) is 27.3. The Bertz CT molecular complexity index is 1420. The van der Waals surface area contributed by atoms with Crippen LogP contribution in [-0.2, 0) is 21.5 Å². The number of anilines is 1. The molecule has 2 N–H and O–H groups in total. The Labute approximate surface area is 225 Å². The fourth-order valence-corrected chi connectivity index (χ4v) is 5.61. The topological polar surface area (TPSA) is 98.8 Å². The number of carbonyl (C=O) groups excluding carboxylic acids is 1. The molecule has 1 unspecified atom stereocenters. The number of pyridine rings is 1. The molecular formula is C30H37N2O5S+. The van der Waals surface area contributed by atoms with Crippen LogP contribution in [0.4, 0.5) is 5.69 Å². The van der Waals surface area contributed by atoms with Crippen LogP contribution in [0.3, 0.4) is 0 Å². The van der Waals surface area contributed by atoms with Crippen molar-refractivity contribution in [2.45, 2.75) is 58.4 Å². The van der Waals surface area contributed by atoms with Gasteiger partial charge in [0.2, 0.25) is 5.52 Å². The number of aliphatic hydroxyl groups is 1. The lowest BCUT2D eigenvalue weighted by Gasteiger charge is -2.29. The summed E-state index contributed by atoms with van der Waals surface area (Å²) in [7, 11) is -4.03. The summed E-state index contributed by atoms with van der Waals surface area (Å²) in [5.41, 5.74) is 3.77. The van der Waals surface area contributed by atoms with Gasteiger partial charge in [0.15, 0.2) is 12.0 Å². The minimum atomic E-state index is -4.03. The van der Waals surface area contributed by atoms with Crippen LogP contribution in [0.15, 0.2) is 66.6 Å². The first kappa shape index (κ1) is 27.8. The number of para-hydroxylation sites is 1. The Morgan fingerprint density at radius 2 is 1.58 bits per heavy atom. The molecule has 4 rings (SSSR count). The van der Waals surface area contributed by atoms with Crippen LogP contribution in [-0.4, -0.2) is 42.7 Å². The summed E-state index contributed by atoms with van der Waals surface area (Å²) < 4.78 is 33.2. The molecule has 0 saturated carbocycles. The second-order valence-electron chi connectivity index (χ2n) is 9.92. The van der Waals surface area contributed by atoms with Gasteiger partial charge in [-0.25, -0.2) is 0 Å². The molecule has 38 heavy (non-hydrogen) atoms. The van der Waals surface area contributed by atoms with Gasteiger partial charge in [0.05, 0.1) is 16.7 Å². The van der Waals surface area contributed by atoms with Gasteiger partial charge in [-0.15, -0.1) is 0 Å². The molecule has 202 valence electrons. The number of hydrogen-bond donors (Lipinski definition) is 2. The van der Waals surface area contributed by atoms with Crippen LogP contribution in [0.2, 0.25) is 0 Å². The van der Waals surface area contributed by atoms with E-state index in [-0.39, 0.29) is 23.7 Å². The Kier molecular flexibility index (Phi) is 8.84. The lowest BCUT2D eigenvalue weighted by Crippen LogP contribution is -2.36. The molecule has 1 heterocycles. The highest BCUT2D eigenvalue weighted by Gasteiger charge is 2.42. The summed E-state index contributed by atoms with van der Waals surface area (Å²) in [6, 6.07) is 17.3. The molecule has 0 amide bonds. The van der Waals surface area contributed by atoms with Crippen LogP contribution in [0, 0.1) is 0 Å². The number of Topliss-reactive ketones (excluding diaryl/α,β-unsaturated/α-hetero) is 1. The SMILES string of the molecule is CCCCN(CCCC)c1ccc(C2=C(O)C(c3cc[n+](CCCS(=O)(=O)O)c4ccccc34)C2=O)cc1. The van der Waals surface area contributed by atoms with Crippen molar-refractivity contribution < 1.29 is 27.4 Å². The van der Waals surface area contributed by atoms with Crippen molar-refractivity contribution in [1.29, 1.82) is 0 Å². The maximum Gasteiger partial charge on any atom is 0.265 e. The van der Waals surface area contributed by atoms with Crippen LogP contribution >= 0.6 is 0 Å². The van der Waals surface area contributed by atoms with E-state index < -0.39 is 16.0 Å². The third kappa shape index (κ3) is 6.08. The number of hydrogen-bond acceptors (Lipinski definition) is 5. The third-order valence-corrected chi connectivity index (χ3v) is 8.00. The smallest absolute Gasteiger partial charge is 0.265 e. The summed E-state index contributed by atoms with van der Waals surface area (Å²) >= 11 is 0. The standard InChI is InChI=1S/C30H36N2O5S/c1-3-5-17-31(18-6-4-2)23-14-12-22(13-15-23)27-29(33)28(30(27)34)25-16-20-32(19-9-21-38(35,36)37)26-11-8-7-10-24(25)26/h7-8,10-16,20,28H,3-6,9,17-19,21H2,1-2H3,(H-,33,34,35,36,37)/p+1. The van der Waals surface area contributed by atoms with E-state index in [1.54, 1.807) is 6.20 Å². The predicted molar refractivity (Wildman–Crippen MR) is 151 cm³/mol. The zero-order valence-corrected chi connectivity index (χ0v) is 23.0. The summed E-state index contributed by atoms with van der Waals surface area (Å²) in [5.74, 6) is -1.09. The molecule has 2 aromatic carbocycles. The van der Waals surface area contributed by atoms with Gasteiger partial charge in [-0.3, -0.25) is 9.35 Å². The average Bonchev–Trinajstić information content (AvgIpc) is 2.90. The second kappa shape index (κ2) is 12.1. The summed E-state index contributed by atoms with van der Waals surface area (Å²) in [5, 5.41) is 11.9. The van der Waals surface area contributed by atoms with E-state index in [1.807, 2.05) is 59.2 Å². The quantitative estimate of drug-likeness (QED) is 0.222. The number of nitrogens with zero attached hydrogens (tertiary/aromatic N) is 2. The Morgan fingerprint density at radius 1 is 0.921 bits per heavy atom. The van der Waals surface area contributed by atoms with Gasteiger partial charge < -0.3 is 10.0 Å². The largest absolute Gasteiger partial charge is 0.510 e. The first-order valence-corrected chi connectivity index (χ1v) is 15.0. The van der Waals surface area contributed by atoms with Crippen molar-refractivity contribution in [2.75, 3.05) is 23.7 Å². The third-order valence-electron chi connectivity index (χ3n) is 7.19. The number of fused-ring (bicyclic) bond motifs is 1. The molecule has 1 aromatic heterocycles. The Hall–Kier alpha value is -3.23. The molecule has 1 aliphatic rings. The van der Waals surface area contributed by atoms with Crippen LogP contribution < -0.4 is 9.47 Å². The number of rotatable bonds is 13. The van der Waals surface area contributed by atoms with E-state index in [4.69, 9.17) is 4.55 Å². The summed E-state index contributed by atoms with van der Waals surface area (Å²) in [4.78, 5) is 15.7. The molecule has 0 radical (unpaired) electrons. The lowest BCUT2D eigenvalue weighted by molar-refractivity contribution is -0.671. The van der Waals surface area contributed by atoms with Gasteiger partial charge in [0.1, 0.15) is 18.2 Å². The maximum atomic E-state index is 13.4. The second-order valence-corrected chi connectivity index (χ2v) is 11.5. The van der Waals surface area contributed by atoms with E-state index >= 15 is 0 Å². The van der Waals surface area contributed by atoms with Crippen molar-refractivity contribution in [2.24, 2.45) is 0 Å². The highest BCUT2D eigenvalue weighted by atomic mass is 32.2. The molecule has 1 aliphatic carbocycles. The molecule has 0 saturated heterocycles. The van der Waals surface area contributed by atoms with Gasteiger partial charge >= 0.3 is 0 Å². The number of carbonyl (C=O) groups is 1. The molecule has 1 atom stereocenters. The first-order valence-electron chi connectivity index (χ1n) is 13.4. The van der Waals surface area contributed by atoms with E-state index in [2.05, 4.69) is 18.7 Å². The van der Waals surface area contributed by atoms with Gasteiger partial charge in [-0.2, -0.15) is 13.0 Å². The van der Waals surface area contributed by atoms with Crippen LogP contribution in [0.5, 0.6) is 0 Å². The summed E-state index contributed by atoms with van der Waals surface area (Å²) in [6.07, 6.45) is 6.59. The molecule has 0 spiro atoms. The molecule has 0 fully saturated rings. The van der Waals surface area contributed by atoms with E-state index in [9.17, 15) is 18.3 Å². The minimum Gasteiger partial charge on any atom is -0.510 e. The summed E-state index contributed by atoms with van der Waals surface area (Å²) in [6.45, 7) is 6.78. The fourth-order valence-electron chi connectivity index (χ4n) is 5.12. The number of allylic oxidation sites excluding steroid dienone is 2. The fraction of sp³-hybridized carbons (Fsp3) is 0.400. The van der Waals surface area contributed by atoms with Crippen LogP contribution in [0.25, 0.3) is 16.5 Å². The predicted octanol–water partition coefficient (Wildman–Crippen LogP) is 5.45. The number of benzene rings is 2. The van der Waals surface area contributed by atoms with E-state index in [0.717, 1.165) is 66.5 Å². The Balaban J connectivity index is 1.58. The lowest BCUT2D eigenvalue weighted by atomic mass is 9.74. The van der Waals surface area contributed by atoms with Crippen molar-refractivity contribution in [3.63, 3.8) is 0 Å². The van der Waals surface area contributed by atoms with E-state index in [0.29, 0.717) is 12.1 Å². The molecule has 8 heteroatoms. The van der Waals surface area contributed by atoms with Gasteiger partial charge in [0.25, 0.3) is 10.1 Å². The van der Waals surface area contributed by atoms with Gasteiger partial charge in [-0.05, 0) is 42.2 Å². The average molecular weight is 538 g/mol. The highest BCUT2D eigenvalue weighted by Crippen LogP contribution is 2.44. The van der Waals surface area contributed by atoms with Crippen molar-refractivity contribution >= 4 is 38.1 Å². The zero-order valence-electron chi connectivity index (χ0n) is 22.1. The molecule has 0 aliphatic heterocycles.